The molecular weight excluding hydrogens is 179 g/mol. The second-order valence-corrected chi connectivity index (χ2v) is 2.99. The Morgan fingerprint density at radius 3 is 2.67 bits per heavy atom. The van der Waals surface area contributed by atoms with Gasteiger partial charge in [-0.2, -0.15) is 0 Å². The van der Waals surface area contributed by atoms with Crippen molar-refractivity contribution in [1.29, 1.82) is 0 Å². The Kier molecular flexibility index (Phi) is 3.06. The highest BCUT2D eigenvalue weighted by Crippen LogP contribution is 2.28. The molecule has 66 valence electrons. The second kappa shape index (κ2) is 3.87. The van der Waals surface area contributed by atoms with Gasteiger partial charge in [0.25, 0.3) is 0 Å². The van der Waals surface area contributed by atoms with Crippen LogP contribution in [0.4, 0.5) is 4.39 Å². The fraction of sp³-hybridized carbons (Fsp3) is 0.333. The van der Waals surface area contributed by atoms with Crippen LogP contribution in [0, 0.1) is 0 Å². The summed E-state index contributed by atoms with van der Waals surface area (Å²) in [6, 6.07) is 4.98. The maximum atomic E-state index is 12.9. The van der Waals surface area contributed by atoms with E-state index in [-0.39, 0.29) is 6.61 Å². The van der Waals surface area contributed by atoms with Gasteiger partial charge in [0, 0.05) is 10.6 Å². The molecule has 0 fully saturated rings. The fourth-order valence-electron chi connectivity index (χ4n) is 1.17. The van der Waals surface area contributed by atoms with Crippen LogP contribution in [0.1, 0.15) is 24.2 Å². The van der Waals surface area contributed by atoms with Crippen molar-refractivity contribution in [2.45, 2.75) is 19.7 Å². The lowest BCUT2D eigenvalue weighted by molar-refractivity contribution is 0.275. The van der Waals surface area contributed by atoms with Gasteiger partial charge in [0.05, 0.1) is 6.61 Å². The molecule has 0 heterocycles. The Balaban J connectivity index is 3.20. The molecule has 1 aromatic carbocycles. The Hall–Kier alpha value is -0.600. The molecule has 0 saturated carbocycles. The topological polar surface area (TPSA) is 20.2 Å². The van der Waals surface area contributed by atoms with Gasteiger partial charge >= 0.3 is 0 Å². The maximum absolute atomic E-state index is 12.9. The summed E-state index contributed by atoms with van der Waals surface area (Å²) in [7, 11) is 0. The lowest BCUT2D eigenvalue weighted by Crippen LogP contribution is -1.95. The van der Waals surface area contributed by atoms with Crippen LogP contribution >= 0.6 is 11.6 Å². The summed E-state index contributed by atoms with van der Waals surface area (Å²) >= 11 is 5.75. The number of hydrogen-bond donors (Lipinski definition) is 1. The summed E-state index contributed by atoms with van der Waals surface area (Å²) in [4.78, 5) is 0. The predicted octanol–water partition coefficient (Wildman–Crippen LogP) is 2.86. The van der Waals surface area contributed by atoms with Crippen LogP contribution in [0.25, 0.3) is 0 Å². The molecule has 0 aromatic heterocycles. The number of halogens is 2. The van der Waals surface area contributed by atoms with Gasteiger partial charge in [-0.3, -0.25) is 0 Å². The molecule has 0 aliphatic carbocycles. The van der Waals surface area contributed by atoms with Gasteiger partial charge in [0.2, 0.25) is 0 Å². The van der Waals surface area contributed by atoms with Gasteiger partial charge < -0.3 is 5.11 Å². The van der Waals surface area contributed by atoms with E-state index in [9.17, 15) is 4.39 Å². The van der Waals surface area contributed by atoms with Crippen LogP contribution in [-0.4, -0.2) is 5.11 Å². The minimum absolute atomic E-state index is 0.176. The van der Waals surface area contributed by atoms with Crippen LogP contribution in [0.15, 0.2) is 18.2 Å². The van der Waals surface area contributed by atoms with E-state index in [0.717, 1.165) is 0 Å². The smallest absolute Gasteiger partial charge is 0.124 e. The molecule has 0 saturated heterocycles. The molecule has 3 heteroatoms. The monoisotopic (exact) mass is 188 g/mol. The molecule has 0 radical (unpaired) electrons. The first-order valence-corrected chi connectivity index (χ1v) is 4.06. The predicted molar refractivity (Wildman–Crippen MR) is 46.9 cm³/mol. The van der Waals surface area contributed by atoms with Gasteiger partial charge in [0.1, 0.15) is 6.17 Å². The van der Waals surface area contributed by atoms with E-state index in [2.05, 4.69) is 0 Å². The lowest BCUT2D eigenvalue weighted by atomic mass is 10.0. The molecule has 1 aromatic rings. The van der Waals surface area contributed by atoms with Crippen molar-refractivity contribution in [3.8, 4) is 0 Å². The first-order chi connectivity index (χ1) is 5.66. The van der Waals surface area contributed by atoms with Crippen LogP contribution in [0.2, 0.25) is 5.02 Å². The third-order valence-corrected chi connectivity index (χ3v) is 2.04. The van der Waals surface area contributed by atoms with Crippen molar-refractivity contribution >= 4 is 11.6 Å². The van der Waals surface area contributed by atoms with Crippen molar-refractivity contribution in [2.75, 3.05) is 0 Å². The van der Waals surface area contributed by atoms with Crippen LogP contribution < -0.4 is 0 Å². The van der Waals surface area contributed by atoms with E-state index in [1.807, 2.05) is 0 Å². The summed E-state index contributed by atoms with van der Waals surface area (Å²) in [5.74, 6) is 0. The number of aliphatic hydroxyl groups is 1. The van der Waals surface area contributed by atoms with Gasteiger partial charge in [0.15, 0.2) is 0 Å². The molecule has 0 amide bonds. The van der Waals surface area contributed by atoms with Crippen molar-refractivity contribution in [3.05, 3.63) is 34.3 Å². The third-order valence-electron chi connectivity index (χ3n) is 1.71. The van der Waals surface area contributed by atoms with Crippen molar-refractivity contribution in [1.82, 2.24) is 0 Å². The summed E-state index contributed by atoms with van der Waals surface area (Å²) < 4.78 is 12.9. The number of benzene rings is 1. The second-order valence-electron chi connectivity index (χ2n) is 2.59. The van der Waals surface area contributed by atoms with E-state index >= 15 is 0 Å². The molecule has 0 bridgehead atoms. The molecular formula is C9H10ClFO. The summed E-state index contributed by atoms with van der Waals surface area (Å²) in [5, 5.41) is 9.24. The first-order valence-electron chi connectivity index (χ1n) is 3.69. The molecule has 0 spiro atoms. The van der Waals surface area contributed by atoms with Crippen molar-refractivity contribution < 1.29 is 9.50 Å². The molecule has 1 atom stereocenters. The zero-order chi connectivity index (χ0) is 9.14. The Bertz CT molecular complexity index is 273. The Morgan fingerprint density at radius 2 is 2.25 bits per heavy atom. The summed E-state index contributed by atoms with van der Waals surface area (Å²) in [6.45, 7) is 1.23. The molecule has 12 heavy (non-hydrogen) atoms. The van der Waals surface area contributed by atoms with Crippen LogP contribution in [0.3, 0.4) is 0 Å². The Morgan fingerprint density at radius 1 is 1.58 bits per heavy atom. The highest BCUT2D eigenvalue weighted by molar-refractivity contribution is 6.31. The van der Waals surface area contributed by atoms with E-state index in [1.165, 1.54) is 6.92 Å². The van der Waals surface area contributed by atoms with E-state index in [4.69, 9.17) is 16.7 Å². The molecule has 0 aliphatic heterocycles. The van der Waals surface area contributed by atoms with Gasteiger partial charge in [-0.1, -0.05) is 23.7 Å². The summed E-state index contributed by atoms with van der Waals surface area (Å²) in [5.41, 5.74) is 0.944. The average Bonchev–Trinajstić information content (AvgIpc) is 2.03. The fourth-order valence-corrected chi connectivity index (χ4v) is 1.51. The third kappa shape index (κ3) is 1.76. The highest BCUT2D eigenvalue weighted by Gasteiger charge is 2.12. The minimum Gasteiger partial charge on any atom is -0.392 e. The molecule has 1 N–H and O–H groups in total. The van der Waals surface area contributed by atoms with Gasteiger partial charge in [-0.05, 0) is 18.6 Å². The number of aliphatic hydroxyl groups excluding tert-OH is 1. The maximum Gasteiger partial charge on any atom is 0.124 e. The van der Waals surface area contributed by atoms with Crippen LogP contribution in [-0.2, 0) is 6.61 Å². The van der Waals surface area contributed by atoms with Crippen molar-refractivity contribution in [2.24, 2.45) is 0 Å². The standard InChI is InChI=1S/C9H10ClFO/c1-6(11)9-7(5-12)3-2-4-8(9)10/h2-4,6,12H,5H2,1H3. The van der Waals surface area contributed by atoms with Crippen LogP contribution in [0.5, 0.6) is 0 Å². The van der Waals surface area contributed by atoms with E-state index < -0.39 is 6.17 Å². The zero-order valence-electron chi connectivity index (χ0n) is 6.72. The van der Waals surface area contributed by atoms with E-state index in [1.54, 1.807) is 18.2 Å². The van der Waals surface area contributed by atoms with E-state index in [0.29, 0.717) is 16.1 Å². The quantitative estimate of drug-likeness (QED) is 0.757. The first kappa shape index (κ1) is 9.49. The SMILES string of the molecule is CC(F)c1c(Cl)cccc1CO. The number of hydrogen-bond acceptors (Lipinski definition) is 1. The van der Waals surface area contributed by atoms with Crippen molar-refractivity contribution in [3.63, 3.8) is 0 Å². The number of alkyl halides is 1. The van der Waals surface area contributed by atoms with Gasteiger partial charge in [-0.15, -0.1) is 0 Å². The minimum atomic E-state index is -1.14. The largest absolute Gasteiger partial charge is 0.392 e. The molecule has 1 unspecified atom stereocenters. The van der Waals surface area contributed by atoms with Gasteiger partial charge in [-0.25, -0.2) is 4.39 Å². The Labute approximate surface area is 75.8 Å². The zero-order valence-corrected chi connectivity index (χ0v) is 7.48. The summed E-state index contributed by atoms with van der Waals surface area (Å²) in [6.07, 6.45) is -1.14. The highest BCUT2D eigenvalue weighted by atomic mass is 35.5. The molecule has 0 aliphatic rings. The normalized spacial score (nSPS) is 13.0. The lowest BCUT2D eigenvalue weighted by Gasteiger charge is -2.09. The average molecular weight is 189 g/mol. The molecule has 1 rings (SSSR count). The molecule has 1 nitrogen and oxygen atoms in total. The number of rotatable bonds is 2.